The molecule has 0 bridgehead atoms. The quantitative estimate of drug-likeness (QED) is 0.631. The van der Waals surface area contributed by atoms with Gasteiger partial charge in [0.05, 0.1) is 0 Å². The number of fused-ring (bicyclic) bond motifs is 1. The number of hydrogen-bond donors (Lipinski definition) is 0. The third-order valence-electron chi connectivity index (χ3n) is 4.68. The van der Waals surface area contributed by atoms with Gasteiger partial charge in [-0.3, -0.25) is 4.57 Å². The Bertz CT molecular complexity index is 1130. The fourth-order valence-electron chi connectivity index (χ4n) is 3.24. The minimum absolute atomic E-state index is 0.0224. The van der Waals surface area contributed by atoms with E-state index in [1.54, 1.807) is 16.7 Å². The van der Waals surface area contributed by atoms with E-state index in [1.807, 2.05) is 11.9 Å². The Labute approximate surface area is 170 Å². The number of hydrogen-bond acceptors (Lipinski definition) is 5. The Morgan fingerprint density at radius 1 is 1.03 bits per heavy atom. The molecule has 2 heterocycles. The highest BCUT2D eigenvalue weighted by Crippen LogP contribution is 2.27. The summed E-state index contributed by atoms with van der Waals surface area (Å²) >= 11 is 0. The second-order valence-corrected chi connectivity index (χ2v) is 6.92. The van der Waals surface area contributed by atoms with Crippen molar-refractivity contribution < 1.29 is 22.6 Å². The van der Waals surface area contributed by atoms with Gasteiger partial charge in [0.1, 0.15) is 29.8 Å². The molecule has 3 aromatic rings. The van der Waals surface area contributed by atoms with Crippen molar-refractivity contribution in [2.75, 3.05) is 18.5 Å². The third kappa shape index (κ3) is 4.24. The van der Waals surface area contributed by atoms with Crippen LogP contribution in [0.25, 0.3) is 0 Å². The summed E-state index contributed by atoms with van der Waals surface area (Å²) in [5.74, 6) is -1.85. The van der Waals surface area contributed by atoms with E-state index in [1.165, 1.54) is 12.1 Å². The lowest BCUT2D eigenvalue weighted by molar-refractivity contribution is 0.289. The molecule has 0 aliphatic carbocycles. The first-order chi connectivity index (χ1) is 14.4. The average molecular weight is 417 g/mol. The largest absolute Gasteiger partial charge is 0.473 e. The summed E-state index contributed by atoms with van der Waals surface area (Å²) in [6, 6.07) is 8.34. The smallest absolute Gasteiger partial charge is 0.352 e. The normalized spacial score (nSPS) is 13.1. The zero-order valence-electron chi connectivity index (χ0n) is 16.1. The van der Waals surface area contributed by atoms with Gasteiger partial charge in [-0.1, -0.05) is 6.07 Å². The number of aromatic nitrogens is 2. The SMILES string of the molecule is CN1CCCn2c1cc(OCc1ccc(Oc3cc(F)cc(F)c3)c(F)c1)nc2=O. The molecule has 1 aromatic heterocycles. The van der Waals surface area contributed by atoms with E-state index in [-0.39, 0.29) is 24.0 Å². The maximum absolute atomic E-state index is 14.4. The van der Waals surface area contributed by atoms with Gasteiger partial charge >= 0.3 is 5.69 Å². The molecule has 9 heteroatoms. The van der Waals surface area contributed by atoms with Crippen LogP contribution in [-0.4, -0.2) is 23.1 Å². The minimum Gasteiger partial charge on any atom is -0.473 e. The fraction of sp³-hybridized carbons (Fsp3) is 0.238. The van der Waals surface area contributed by atoms with Crippen LogP contribution in [0.4, 0.5) is 19.0 Å². The van der Waals surface area contributed by atoms with E-state index in [2.05, 4.69) is 4.98 Å². The van der Waals surface area contributed by atoms with Gasteiger partial charge in [-0.2, -0.15) is 4.98 Å². The molecular formula is C21H18F3N3O3. The zero-order chi connectivity index (χ0) is 21.3. The predicted molar refractivity (Wildman–Crippen MR) is 104 cm³/mol. The highest BCUT2D eigenvalue weighted by Gasteiger charge is 2.17. The van der Waals surface area contributed by atoms with Crippen molar-refractivity contribution in [3.8, 4) is 17.4 Å². The van der Waals surface area contributed by atoms with E-state index < -0.39 is 23.1 Å². The molecular weight excluding hydrogens is 399 g/mol. The second kappa shape index (κ2) is 8.10. The first-order valence-electron chi connectivity index (χ1n) is 9.27. The monoisotopic (exact) mass is 417 g/mol. The molecule has 6 nitrogen and oxygen atoms in total. The van der Waals surface area contributed by atoms with Crippen molar-refractivity contribution in [1.29, 1.82) is 0 Å². The standard InChI is InChI=1S/C21H18F3N3O3/c1-26-5-2-6-27-20(26)11-19(25-21(27)28)29-12-13-3-4-18(17(24)7-13)30-16-9-14(22)8-15(23)10-16/h3-4,7-11H,2,5-6,12H2,1H3. The lowest BCUT2D eigenvalue weighted by atomic mass is 10.2. The molecule has 0 N–H and O–H groups in total. The Balaban J connectivity index is 1.47. The first-order valence-corrected chi connectivity index (χ1v) is 9.27. The van der Waals surface area contributed by atoms with Crippen LogP contribution >= 0.6 is 0 Å². The molecule has 1 aliphatic heterocycles. The highest BCUT2D eigenvalue weighted by atomic mass is 19.1. The molecule has 0 saturated heterocycles. The zero-order valence-corrected chi connectivity index (χ0v) is 16.1. The molecule has 0 fully saturated rings. The molecule has 0 saturated carbocycles. The Hall–Kier alpha value is -3.49. The van der Waals surface area contributed by atoms with Crippen LogP contribution in [0.1, 0.15) is 12.0 Å². The maximum atomic E-state index is 14.4. The Morgan fingerprint density at radius 2 is 1.80 bits per heavy atom. The van der Waals surface area contributed by atoms with E-state index in [4.69, 9.17) is 9.47 Å². The maximum Gasteiger partial charge on any atom is 0.352 e. The Kier molecular flexibility index (Phi) is 5.35. The molecule has 0 atom stereocenters. The van der Waals surface area contributed by atoms with Gasteiger partial charge in [0.25, 0.3) is 0 Å². The summed E-state index contributed by atoms with van der Waals surface area (Å²) in [7, 11) is 1.88. The summed E-state index contributed by atoms with van der Waals surface area (Å²) in [6.07, 6.45) is 0.862. The van der Waals surface area contributed by atoms with Crippen LogP contribution in [0.5, 0.6) is 17.4 Å². The van der Waals surface area contributed by atoms with Crippen LogP contribution in [0.15, 0.2) is 47.3 Å². The number of nitrogens with zero attached hydrogens (tertiary/aromatic N) is 3. The van der Waals surface area contributed by atoms with Crippen LogP contribution in [0.3, 0.4) is 0 Å². The highest BCUT2D eigenvalue weighted by molar-refractivity contribution is 5.42. The molecule has 0 amide bonds. The van der Waals surface area contributed by atoms with Crippen LogP contribution in [0.2, 0.25) is 0 Å². The van der Waals surface area contributed by atoms with E-state index in [9.17, 15) is 18.0 Å². The number of anilines is 1. The molecule has 0 spiro atoms. The summed E-state index contributed by atoms with van der Waals surface area (Å²) in [6.45, 7) is 1.41. The van der Waals surface area contributed by atoms with Gasteiger partial charge < -0.3 is 14.4 Å². The predicted octanol–water partition coefficient (Wildman–Crippen LogP) is 3.87. The summed E-state index contributed by atoms with van der Waals surface area (Å²) in [4.78, 5) is 18.0. The number of rotatable bonds is 5. The molecule has 156 valence electrons. The van der Waals surface area contributed by atoms with Crippen LogP contribution < -0.4 is 20.1 Å². The van der Waals surface area contributed by atoms with Crippen molar-refractivity contribution >= 4 is 5.82 Å². The summed E-state index contributed by atoms with van der Waals surface area (Å²) in [5, 5.41) is 0. The number of halogens is 3. The van der Waals surface area contributed by atoms with Crippen molar-refractivity contribution in [2.45, 2.75) is 19.6 Å². The van der Waals surface area contributed by atoms with Crippen molar-refractivity contribution in [2.24, 2.45) is 0 Å². The third-order valence-corrected chi connectivity index (χ3v) is 4.68. The summed E-state index contributed by atoms with van der Waals surface area (Å²) < 4.78 is 53.2. The van der Waals surface area contributed by atoms with E-state index in [0.717, 1.165) is 25.1 Å². The lowest BCUT2D eigenvalue weighted by Crippen LogP contribution is -2.36. The van der Waals surface area contributed by atoms with Gasteiger partial charge in [0.2, 0.25) is 5.88 Å². The van der Waals surface area contributed by atoms with Crippen molar-refractivity contribution in [3.05, 3.63) is 76.0 Å². The minimum atomic E-state index is -0.825. The summed E-state index contributed by atoms with van der Waals surface area (Å²) in [5.41, 5.74) is 0.0737. The van der Waals surface area contributed by atoms with Gasteiger partial charge in [0.15, 0.2) is 11.6 Å². The molecule has 30 heavy (non-hydrogen) atoms. The van der Waals surface area contributed by atoms with Crippen LogP contribution in [0, 0.1) is 17.5 Å². The average Bonchev–Trinajstić information content (AvgIpc) is 2.68. The van der Waals surface area contributed by atoms with E-state index in [0.29, 0.717) is 24.0 Å². The van der Waals surface area contributed by atoms with Gasteiger partial charge in [-0.15, -0.1) is 0 Å². The molecule has 2 aromatic carbocycles. The van der Waals surface area contributed by atoms with Crippen LogP contribution in [-0.2, 0) is 13.2 Å². The molecule has 4 rings (SSSR count). The number of ether oxygens (including phenoxy) is 2. The fourth-order valence-corrected chi connectivity index (χ4v) is 3.24. The second-order valence-electron chi connectivity index (χ2n) is 6.92. The van der Waals surface area contributed by atoms with Crippen molar-refractivity contribution in [1.82, 2.24) is 9.55 Å². The van der Waals surface area contributed by atoms with Crippen molar-refractivity contribution in [3.63, 3.8) is 0 Å². The first kappa shape index (κ1) is 19.8. The number of benzene rings is 2. The van der Waals surface area contributed by atoms with E-state index >= 15 is 0 Å². The van der Waals surface area contributed by atoms with Gasteiger partial charge in [-0.25, -0.2) is 18.0 Å². The molecule has 0 unspecified atom stereocenters. The van der Waals surface area contributed by atoms with Gasteiger partial charge in [0, 0.05) is 44.4 Å². The topological polar surface area (TPSA) is 56.6 Å². The molecule has 1 aliphatic rings. The lowest BCUT2D eigenvalue weighted by Gasteiger charge is -2.28. The molecule has 0 radical (unpaired) electrons. The Morgan fingerprint density at radius 3 is 2.53 bits per heavy atom. The van der Waals surface area contributed by atoms with Gasteiger partial charge in [-0.05, 0) is 24.1 Å².